The zero-order chi connectivity index (χ0) is 49.7. The van der Waals surface area contributed by atoms with Crippen molar-refractivity contribution in [2.75, 3.05) is 0 Å². The molecule has 15 rings (SSSR count). The first-order chi connectivity index (χ1) is 37.1. The van der Waals surface area contributed by atoms with E-state index in [-0.39, 0.29) is 0 Å². The van der Waals surface area contributed by atoms with Gasteiger partial charge in [-0.05, 0) is 106 Å². The summed E-state index contributed by atoms with van der Waals surface area (Å²) >= 11 is 1.78. The Morgan fingerprint density at radius 1 is 0.387 bits per heavy atom. The number of hydrogen-bond acceptors (Lipinski definition) is 4. The van der Waals surface area contributed by atoms with E-state index >= 15 is 0 Å². The van der Waals surface area contributed by atoms with Gasteiger partial charge in [0.2, 0.25) is 0 Å². The first kappa shape index (κ1) is 42.5. The van der Waals surface area contributed by atoms with Gasteiger partial charge >= 0.3 is 0 Å². The van der Waals surface area contributed by atoms with Crippen molar-refractivity contribution in [1.82, 2.24) is 19.1 Å². The average molecular weight is 971 g/mol. The molecule has 0 aliphatic rings. The lowest BCUT2D eigenvalue weighted by atomic mass is 9.93. The summed E-state index contributed by atoms with van der Waals surface area (Å²) in [5.74, 6) is 0. The maximum Gasteiger partial charge on any atom is 0.187 e. The number of hydrogen-bond donors (Lipinski definition) is 0. The highest BCUT2D eigenvalue weighted by Crippen LogP contribution is 2.51. The normalized spacial score (nSPS) is 11.7. The second-order valence-electron chi connectivity index (χ2n) is 19.0. The van der Waals surface area contributed by atoms with Crippen molar-refractivity contribution in [3.63, 3.8) is 0 Å². The van der Waals surface area contributed by atoms with E-state index in [1.54, 1.807) is 11.3 Å². The second kappa shape index (κ2) is 16.7. The van der Waals surface area contributed by atoms with E-state index in [0.717, 1.165) is 120 Å². The lowest BCUT2D eigenvalue weighted by molar-refractivity contribution is 1.18. The minimum atomic E-state index is 0.603. The van der Waals surface area contributed by atoms with Crippen LogP contribution in [0, 0.1) is 17.9 Å². The van der Waals surface area contributed by atoms with E-state index in [1.165, 1.54) is 21.5 Å². The molecule has 11 aromatic carbocycles. The minimum absolute atomic E-state index is 0.603. The smallest absolute Gasteiger partial charge is 0.187 e. The molecule has 0 bridgehead atoms. The fourth-order valence-electron chi connectivity index (χ4n) is 11.6. The first-order valence-electron chi connectivity index (χ1n) is 24.9. The van der Waals surface area contributed by atoms with Crippen molar-refractivity contribution < 1.29 is 0 Å². The van der Waals surface area contributed by atoms with Gasteiger partial charge in [-0.1, -0.05) is 158 Å². The molecule has 0 unspecified atom stereocenters. The van der Waals surface area contributed by atoms with Gasteiger partial charge < -0.3 is 9.13 Å². The highest BCUT2D eigenvalue weighted by molar-refractivity contribution is 7.21. The van der Waals surface area contributed by atoms with Crippen molar-refractivity contribution >= 4 is 104 Å². The van der Waals surface area contributed by atoms with Gasteiger partial charge in [0, 0.05) is 54.8 Å². The molecule has 0 saturated carbocycles. The summed E-state index contributed by atoms with van der Waals surface area (Å²) < 4.78 is 4.76. The molecule has 6 nitrogen and oxygen atoms in total. The van der Waals surface area contributed by atoms with Gasteiger partial charge in [0.05, 0.1) is 61.1 Å². The van der Waals surface area contributed by atoms with Crippen LogP contribution in [0.1, 0.15) is 5.56 Å². The van der Waals surface area contributed by atoms with Gasteiger partial charge in [0.15, 0.2) is 5.69 Å². The molecule has 0 aliphatic heterocycles. The fraction of sp³-hybridized carbons (Fsp3) is 0. The molecule has 0 aliphatic carbocycles. The van der Waals surface area contributed by atoms with E-state index in [1.807, 2.05) is 48.5 Å². The predicted octanol–water partition coefficient (Wildman–Crippen LogP) is 18.4. The number of para-hydroxylation sites is 4. The number of aromatic nitrogens is 4. The zero-order valence-electron chi connectivity index (χ0n) is 40.0. The Balaban J connectivity index is 1.08. The Labute approximate surface area is 434 Å². The standard InChI is InChI=1S/C68H38N6S/c1-70-46-34-30-43(31-35-46)45-33-37-50-56(39-45)55-38-44(42-28-26-41(40-69)27-29-42)32-36-49(55)63-64(50)72-66-65(71-63)67(53-20-12-24-59-61(53)51-18-8-10-22-57(51)73(59)47-14-4-2-5-15-47)75-68(66)54-21-13-25-60-62(54)52-19-9-11-23-58(52)74(60)48-16-6-3-7-17-48/h2-39H. The van der Waals surface area contributed by atoms with Crippen molar-refractivity contribution in [2.24, 2.45) is 0 Å². The van der Waals surface area contributed by atoms with Gasteiger partial charge in [-0.15, -0.1) is 11.3 Å². The highest BCUT2D eigenvalue weighted by Gasteiger charge is 2.26. The summed E-state index contributed by atoms with van der Waals surface area (Å²) in [5.41, 5.74) is 17.6. The van der Waals surface area contributed by atoms with Gasteiger partial charge in [0.1, 0.15) is 11.0 Å². The van der Waals surface area contributed by atoms with Crippen LogP contribution in [0.2, 0.25) is 0 Å². The molecule has 0 saturated heterocycles. The number of rotatable bonds is 6. The Morgan fingerprint density at radius 3 is 1.28 bits per heavy atom. The maximum atomic E-state index is 9.64. The monoisotopic (exact) mass is 970 g/mol. The number of thiophene rings is 1. The summed E-state index contributed by atoms with van der Waals surface area (Å²) in [7, 11) is 0. The van der Waals surface area contributed by atoms with E-state index in [2.05, 4.69) is 202 Å². The van der Waals surface area contributed by atoms with Crippen molar-refractivity contribution in [1.29, 1.82) is 5.26 Å². The van der Waals surface area contributed by atoms with E-state index < -0.39 is 0 Å². The number of benzene rings is 11. The Bertz CT molecular complexity index is 4630. The summed E-state index contributed by atoms with van der Waals surface area (Å²) in [5, 5.41) is 18.4. The topological polar surface area (TPSA) is 63.8 Å². The van der Waals surface area contributed by atoms with Crippen LogP contribution in [-0.4, -0.2) is 19.1 Å². The molecule has 0 radical (unpaired) electrons. The largest absolute Gasteiger partial charge is 0.309 e. The zero-order valence-corrected chi connectivity index (χ0v) is 40.8. The second-order valence-corrected chi connectivity index (χ2v) is 20.0. The Kier molecular flexibility index (Phi) is 9.46. The highest BCUT2D eigenvalue weighted by atomic mass is 32.1. The maximum absolute atomic E-state index is 9.64. The number of nitriles is 1. The van der Waals surface area contributed by atoms with Crippen LogP contribution in [0.5, 0.6) is 0 Å². The van der Waals surface area contributed by atoms with Crippen molar-refractivity contribution in [3.05, 3.63) is 248 Å². The van der Waals surface area contributed by atoms with Crippen LogP contribution < -0.4 is 0 Å². The third kappa shape index (κ3) is 6.49. The van der Waals surface area contributed by atoms with Crippen LogP contribution in [0.25, 0.3) is 147 Å². The van der Waals surface area contributed by atoms with Gasteiger partial charge in [-0.3, -0.25) is 0 Å². The van der Waals surface area contributed by atoms with Crippen molar-refractivity contribution in [2.45, 2.75) is 0 Å². The van der Waals surface area contributed by atoms with Crippen LogP contribution in [-0.2, 0) is 0 Å². The van der Waals surface area contributed by atoms with Gasteiger partial charge in [-0.25, -0.2) is 14.8 Å². The molecule has 0 N–H and O–H groups in total. The predicted molar refractivity (Wildman–Crippen MR) is 311 cm³/mol. The van der Waals surface area contributed by atoms with Crippen LogP contribution >= 0.6 is 11.3 Å². The molecule has 75 heavy (non-hydrogen) atoms. The summed E-state index contributed by atoms with van der Waals surface area (Å²) in [6, 6.07) is 83.2. The molecule has 0 amide bonds. The molecular formula is C68H38N6S. The summed E-state index contributed by atoms with van der Waals surface area (Å²) in [6.45, 7) is 7.59. The number of fused-ring (bicyclic) bond motifs is 13. The molecule has 346 valence electrons. The molecule has 15 aromatic rings. The van der Waals surface area contributed by atoms with Crippen LogP contribution in [0.4, 0.5) is 5.69 Å². The SMILES string of the molecule is [C-]#[N+]c1ccc(-c2ccc3c(c2)c2cc(-c4ccc(C#N)cc4)ccc2c2nc4c(-c5cccc6c5c5ccccc5n6-c5ccccc5)sc(-c5cccc6c5c5ccccc5n6-c5ccccc5)c4nc32)cc1. The van der Waals surface area contributed by atoms with Crippen LogP contribution in [0.3, 0.4) is 0 Å². The third-order valence-corrected chi connectivity index (χ3v) is 16.2. The summed E-state index contributed by atoms with van der Waals surface area (Å²) in [6.07, 6.45) is 0. The van der Waals surface area contributed by atoms with E-state index in [9.17, 15) is 5.26 Å². The Hall–Kier alpha value is -10.2. The molecule has 4 heterocycles. The van der Waals surface area contributed by atoms with Crippen molar-refractivity contribution in [3.8, 4) is 60.6 Å². The first-order valence-corrected chi connectivity index (χ1v) is 25.7. The fourth-order valence-corrected chi connectivity index (χ4v) is 12.8. The van der Waals surface area contributed by atoms with E-state index in [4.69, 9.17) is 16.5 Å². The van der Waals surface area contributed by atoms with Crippen LogP contribution in [0.15, 0.2) is 231 Å². The Morgan fingerprint density at radius 2 is 0.813 bits per heavy atom. The lowest BCUT2D eigenvalue weighted by Crippen LogP contribution is -1.94. The minimum Gasteiger partial charge on any atom is -0.309 e. The molecule has 4 aromatic heterocycles. The molecule has 0 spiro atoms. The molecular weight excluding hydrogens is 933 g/mol. The van der Waals surface area contributed by atoms with E-state index in [0.29, 0.717) is 11.3 Å². The molecule has 7 heteroatoms. The lowest BCUT2D eigenvalue weighted by Gasteiger charge is -2.14. The average Bonchev–Trinajstić information content (AvgIpc) is 4.23. The molecule has 0 atom stereocenters. The van der Waals surface area contributed by atoms with Gasteiger partial charge in [-0.2, -0.15) is 5.26 Å². The number of nitrogens with zero attached hydrogens (tertiary/aromatic N) is 6. The van der Waals surface area contributed by atoms with Gasteiger partial charge in [0.25, 0.3) is 0 Å². The molecule has 0 fully saturated rings. The quantitative estimate of drug-likeness (QED) is 0.123. The summed E-state index contributed by atoms with van der Waals surface area (Å²) in [4.78, 5) is 17.6. The third-order valence-electron chi connectivity index (χ3n) is 15.0.